The minimum Gasteiger partial charge on any atom is -0.311 e. The molecule has 0 bridgehead atoms. The van der Waals surface area contributed by atoms with Crippen LogP contribution < -0.4 is 0 Å². The molecule has 0 aliphatic heterocycles. The lowest BCUT2D eigenvalue weighted by molar-refractivity contribution is 0.222. The monoisotopic (exact) mass is 292 g/mol. The number of unbranched alkanes of at least 4 members (excludes halogenated alkanes) is 9. The molecule has 1 atom stereocenters. The Kier molecular flexibility index (Phi) is 16.3. The molecule has 4 heteroatoms. The quantitative estimate of drug-likeness (QED) is 0.285. The smallest absolute Gasteiger partial charge is 0.311 e. The molecule has 0 heterocycles. The van der Waals surface area contributed by atoms with Gasteiger partial charge in [-0.15, -0.1) is 0 Å². The summed E-state index contributed by atoms with van der Waals surface area (Å²) < 4.78 is 21.4. The largest absolute Gasteiger partial charge is 0.319 e. The second-order valence-corrected chi connectivity index (χ2v) is 6.21. The van der Waals surface area contributed by atoms with E-state index in [1.165, 1.54) is 57.8 Å². The number of rotatable bonds is 15. The Bertz CT molecular complexity index is 198. The summed E-state index contributed by atoms with van der Waals surface area (Å²) in [5.41, 5.74) is 0. The van der Waals surface area contributed by atoms with Gasteiger partial charge < -0.3 is 9.05 Å². The third-order valence-electron chi connectivity index (χ3n) is 3.14. The normalized spacial score (nSPS) is 12.7. The van der Waals surface area contributed by atoms with E-state index in [0.29, 0.717) is 13.2 Å². The van der Waals surface area contributed by atoms with Gasteiger partial charge in [-0.3, -0.25) is 4.57 Å². The van der Waals surface area contributed by atoms with Gasteiger partial charge in [0.05, 0.1) is 13.2 Å². The molecule has 0 aliphatic carbocycles. The lowest BCUT2D eigenvalue weighted by Gasteiger charge is -2.05. The molecule has 0 aromatic carbocycles. The van der Waals surface area contributed by atoms with E-state index >= 15 is 0 Å². The molecule has 0 radical (unpaired) electrons. The Morgan fingerprint density at radius 1 is 0.632 bits per heavy atom. The van der Waals surface area contributed by atoms with Gasteiger partial charge in [-0.05, 0) is 12.8 Å². The molecule has 0 aromatic heterocycles. The van der Waals surface area contributed by atoms with Crippen molar-refractivity contribution in [1.29, 1.82) is 0 Å². The molecular weight excluding hydrogens is 259 g/mol. The summed E-state index contributed by atoms with van der Waals surface area (Å²) in [6.45, 7) is 5.37. The van der Waals surface area contributed by atoms with Crippen LogP contribution in [0.25, 0.3) is 0 Å². The van der Waals surface area contributed by atoms with Crippen molar-refractivity contribution in [3.05, 3.63) is 0 Å². The first kappa shape index (κ1) is 19.1. The summed E-state index contributed by atoms with van der Waals surface area (Å²) in [6, 6.07) is 0. The van der Waals surface area contributed by atoms with E-state index in [4.69, 9.17) is 9.05 Å². The summed E-state index contributed by atoms with van der Waals surface area (Å²) in [5.74, 6) is 0. The molecule has 3 nitrogen and oxygen atoms in total. The maximum atomic E-state index is 11.2. The van der Waals surface area contributed by atoms with E-state index in [0.717, 1.165) is 12.8 Å². The van der Waals surface area contributed by atoms with Crippen LogP contribution in [0.3, 0.4) is 0 Å². The van der Waals surface area contributed by atoms with Crippen LogP contribution in [0.1, 0.15) is 84.5 Å². The van der Waals surface area contributed by atoms with Crippen LogP contribution in [0.2, 0.25) is 0 Å². The molecule has 0 amide bonds. The van der Waals surface area contributed by atoms with E-state index in [1.807, 2.05) is 6.92 Å². The molecule has 0 fully saturated rings. The summed E-state index contributed by atoms with van der Waals surface area (Å²) in [5, 5.41) is 0. The van der Waals surface area contributed by atoms with E-state index < -0.39 is 8.25 Å². The van der Waals surface area contributed by atoms with Crippen LogP contribution in [0.15, 0.2) is 0 Å². The maximum Gasteiger partial charge on any atom is 0.319 e. The fraction of sp³-hybridized carbons (Fsp3) is 1.00. The van der Waals surface area contributed by atoms with Gasteiger partial charge in [0.25, 0.3) is 0 Å². The first-order valence-electron chi connectivity index (χ1n) is 8.10. The molecule has 0 aliphatic rings. The lowest BCUT2D eigenvalue weighted by Crippen LogP contribution is -1.90. The van der Waals surface area contributed by atoms with Crippen molar-refractivity contribution >= 4 is 8.25 Å². The standard InChI is InChI=1S/C15H33O3P/c1-3-5-6-7-8-9-10-11-12-13-15-18-19(16)17-14-4-2/h19H,3-15H2,1-2H3. The predicted molar refractivity (Wildman–Crippen MR) is 83.0 cm³/mol. The molecule has 19 heavy (non-hydrogen) atoms. The zero-order valence-corrected chi connectivity index (χ0v) is 13.9. The van der Waals surface area contributed by atoms with Crippen molar-refractivity contribution < 1.29 is 13.6 Å². The average molecular weight is 292 g/mol. The fourth-order valence-corrected chi connectivity index (χ4v) is 2.74. The summed E-state index contributed by atoms with van der Waals surface area (Å²) in [7, 11) is -2.21. The van der Waals surface area contributed by atoms with E-state index in [-0.39, 0.29) is 0 Å². The topological polar surface area (TPSA) is 35.5 Å². The molecule has 1 unspecified atom stereocenters. The summed E-state index contributed by atoms with van der Waals surface area (Å²) in [4.78, 5) is 0. The molecule has 0 spiro atoms. The van der Waals surface area contributed by atoms with Gasteiger partial charge in [0, 0.05) is 0 Å². The van der Waals surface area contributed by atoms with Gasteiger partial charge in [0.1, 0.15) is 0 Å². The van der Waals surface area contributed by atoms with Gasteiger partial charge in [-0.2, -0.15) is 0 Å². The van der Waals surface area contributed by atoms with Gasteiger partial charge in [0.15, 0.2) is 0 Å². The van der Waals surface area contributed by atoms with Crippen LogP contribution >= 0.6 is 8.25 Å². The van der Waals surface area contributed by atoms with Crippen molar-refractivity contribution in [3.8, 4) is 0 Å². The molecule has 0 rings (SSSR count). The Hall–Kier alpha value is 0.150. The summed E-state index contributed by atoms with van der Waals surface area (Å²) in [6.07, 6.45) is 13.9. The number of hydrogen-bond acceptors (Lipinski definition) is 3. The van der Waals surface area contributed by atoms with E-state index in [2.05, 4.69) is 6.92 Å². The third kappa shape index (κ3) is 16.1. The van der Waals surface area contributed by atoms with Gasteiger partial charge in [-0.25, -0.2) is 0 Å². The zero-order valence-electron chi connectivity index (χ0n) is 12.9. The van der Waals surface area contributed by atoms with Gasteiger partial charge >= 0.3 is 8.25 Å². The highest BCUT2D eigenvalue weighted by Gasteiger charge is 1.98. The molecular formula is C15H33O3P. The SMILES string of the molecule is CCCCCCCCCCCCO[PH](=O)OCCC. The highest BCUT2D eigenvalue weighted by atomic mass is 31.1. The van der Waals surface area contributed by atoms with Crippen LogP contribution in [0, 0.1) is 0 Å². The highest BCUT2D eigenvalue weighted by Crippen LogP contribution is 2.24. The second kappa shape index (κ2) is 16.2. The average Bonchev–Trinajstić information content (AvgIpc) is 2.42. The van der Waals surface area contributed by atoms with E-state index in [9.17, 15) is 4.57 Å². The minimum absolute atomic E-state index is 0.538. The predicted octanol–water partition coefficient (Wildman–Crippen LogP) is 5.74. The second-order valence-electron chi connectivity index (χ2n) is 5.13. The Labute approximate surface area is 120 Å². The van der Waals surface area contributed by atoms with Crippen molar-refractivity contribution in [3.63, 3.8) is 0 Å². The molecule has 0 aromatic rings. The van der Waals surface area contributed by atoms with Crippen LogP contribution in [0.4, 0.5) is 0 Å². The van der Waals surface area contributed by atoms with Crippen molar-refractivity contribution in [1.82, 2.24) is 0 Å². The zero-order chi connectivity index (χ0) is 14.2. The van der Waals surface area contributed by atoms with Crippen LogP contribution in [-0.4, -0.2) is 13.2 Å². The van der Waals surface area contributed by atoms with Crippen LogP contribution in [0.5, 0.6) is 0 Å². The lowest BCUT2D eigenvalue weighted by atomic mass is 10.1. The third-order valence-corrected chi connectivity index (χ3v) is 4.02. The highest BCUT2D eigenvalue weighted by molar-refractivity contribution is 7.33. The Morgan fingerprint density at radius 2 is 1.11 bits per heavy atom. The van der Waals surface area contributed by atoms with Crippen molar-refractivity contribution in [2.75, 3.05) is 13.2 Å². The van der Waals surface area contributed by atoms with E-state index in [1.54, 1.807) is 0 Å². The molecule has 0 N–H and O–H groups in total. The Morgan fingerprint density at radius 3 is 1.63 bits per heavy atom. The Balaban J connectivity index is 3.04. The molecule has 0 saturated heterocycles. The first-order chi connectivity index (χ1) is 9.31. The van der Waals surface area contributed by atoms with Crippen molar-refractivity contribution in [2.45, 2.75) is 84.5 Å². The van der Waals surface area contributed by atoms with Crippen molar-refractivity contribution in [2.24, 2.45) is 0 Å². The maximum absolute atomic E-state index is 11.2. The molecule has 116 valence electrons. The van der Waals surface area contributed by atoms with Crippen LogP contribution in [-0.2, 0) is 13.6 Å². The molecule has 0 saturated carbocycles. The van der Waals surface area contributed by atoms with Gasteiger partial charge in [0.2, 0.25) is 0 Å². The minimum atomic E-state index is -2.21. The fourth-order valence-electron chi connectivity index (χ4n) is 1.97. The van der Waals surface area contributed by atoms with Gasteiger partial charge in [-0.1, -0.05) is 71.6 Å². The number of hydrogen-bond donors (Lipinski definition) is 0. The first-order valence-corrected chi connectivity index (χ1v) is 9.33. The summed E-state index contributed by atoms with van der Waals surface area (Å²) >= 11 is 0.